The third kappa shape index (κ3) is 1.99. The predicted molar refractivity (Wildman–Crippen MR) is 53.0 cm³/mol. The second kappa shape index (κ2) is 4.13. The van der Waals surface area contributed by atoms with Gasteiger partial charge < -0.3 is 5.11 Å². The topological polar surface area (TPSA) is 23.5 Å². The van der Waals surface area contributed by atoms with Crippen molar-refractivity contribution in [2.75, 3.05) is 6.54 Å². The average molecular weight is 273 g/mol. The summed E-state index contributed by atoms with van der Waals surface area (Å²) in [6, 6.07) is 0.391. The van der Waals surface area contributed by atoms with E-state index in [1.54, 1.807) is 9.12 Å². The summed E-state index contributed by atoms with van der Waals surface area (Å²) < 4.78 is 2.26. The van der Waals surface area contributed by atoms with Crippen molar-refractivity contribution in [3.8, 4) is 0 Å². The highest BCUT2D eigenvalue weighted by Crippen LogP contribution is 2.30. The molecule has 2 unspecified atom stereocenters. The van der Waals surface area contributed by atoms with Gasteiger partial charge in [0.15, 0.2) is 0 Å². The molecule has 0 bridgehead atoms. The second-order valence-corrected chi connectivity index (χ2v) is 4.45. The fourth-order valence-corrected chi connectivity index (χ4v) is 3.38. The molecule has 0 saturated carbocycles. The normalized spacial score (nSPS) is 30.9. The van der Waals surface area contributed by atoms with Crippen LogP contribution in [0.2, 0.25) is 0 Å². The minimum absolute atomic E-state index is 0.176. The van der Waals surface area contributed by atoms with E-state index in [4.69, 9.17) is 0 Å². The molecule has 2 atom stereocenters. The Hall–Kier alpha value is 1.00. The largest absolute Gasteiger partial charge is 0.392 e. The molecule has 1 fully saturated rings. The molecule has 0 amide bonds. The Morgan fingerprint density at radius 1 is 1.80 bits per heavy atom. The first-order chi connectivity index (χ1) is 4.75. The summed E-state index contributed by atoms with van der Waals surface area (Å²) in [5.74, 6) is 0. The molecule has 1 N–H and O–H groups in total. The zero-order chi connectivity index (χ0) is 7.56. The van der Waals surface area contributed by atoms with Gasteiger partial charge in [0.1, 0.15) is 0 Å². The van der Waals surface area contributed by atoms with Crippen LogP contribution in [0.3, 0.4) is 0 Å². The highest BCUT2D eigenvalue weighted by atomic mass is 127. The maximum Gasteiger partial charge on any atom is 0.0676 e. The van der Waals surface area contributed by atoms with E-state index in [1.807, 2.05) is 6.92 Å². The molecule has 60 valence electrons. The van der Waals surface area contributed by atoms with E-state index >= 15 is 0 Å². The van der Waals surface area contributed by atoms with Crippen molar-refractivity contribution in [1.82, 2.24) is 4.31 Å². The van der Waals surface area contributed by atoms with Gasteiger partial charge in [0.05, 0.1) is 6.10 Å². The van der Waals surface area contributed by atoms with E-state index in [1.165, 1.54) is 6.42 Å². The van der Waals surface area contributed by atoms with Gasteiger partial charge in [-0.25, -0.2) is 4.31 Å². The number of aliphatic hydroxyl groups is 1. The molecular weight excluding hydrogens is 261 g/mol. The smallest absolute Gasteiger partial charge is 0.0676 e. The molecule has 4 heteroatoms. The van der Waals surface area contributed by atoms with Gasteiger partial charge in [-0.3, -0.25) is 0 Å². The van der Waals surface area contributed by atoms with Crippen LogP contribution in [0.4, 0.5) is 0 Å². The maximum atomic E-state index is 9.30. The summed E-state index contributed by atoms with van der Waals surface area (Å²) in [7, 11) is 1.71. The number of aliphatic hydroxyl groups excluding tert-OH is 1. The van der Waals surface area contributed by atoms with Gasteiger partial charge in [-0.1, -0.05) is 0 Å². The van der Waals surface area contributed by atoms with Gasteiger partial charge in [0.25, 0.3) is 0 Å². The lowest BCUT2D eigenvalue weighted by atomic mass is 10.1. The van der Waals surface area contributed by atoms with Gasteiger partial charge in [-0.2, -0.15) is 0 Å². The molecule has 10 heavy (non-hydrogen) atoms. The van der Waals surface area contributed by atoms with Crippen molar-refractivity contribution in [3.63, 3.8) is 0 Å². The van der Waals surface area contributed by atoms with Crippen LogP contribution in [0.25, 0.3) is 0 Å². The first-order valence-corrected chi connectivity index (χ1v) is 6.80. The summed E-state index contributed by atoms with van der Waals surface area (Å²) in [5, 5.41) is 9.30. The fraction of sp³-hybridized carbons (Fsp3) is 1.00. The summed E-state index contributed by atoms with van der Waals surface area (Å²) in [6.45, 7) is 3.00. The Morgan fingerprint density at radius 2 is 2.50 bits per heavy atom. The van der Waals surface area contributed by atoms with E-state index in [9.17, 15) is 5.11 Å². The van der Waals surface area contributed by atoms with Crippen molar-refractivity contribution in [1.29, 1.82) is 0 Å². The van der Waals surface area contributed by atoms with Gasteiger partial charge in [0, 0.05) is 33.8 Å². The second-order valence-electron chi connectivity index (χ2n) is 2.66. The summed E-state index contributed by atoms with van der Waals surface area (Å²) in [6.07, 6.45) is 2.20. The molecular formula is C6H12INOS. The number of hydrogen-bond acceptors (Lipinski definition) is 3. The van der Waals surface area contributed by atoms with Crippen molar-refractivity contribution in [3.05, 3.63) is 0 Å². The Balaban J connectivity index is 2.42. The molecule has 1 aliphatic rings. The van der Waals surface area contributed by atoms with E-state index < -0.39 is 0 Å². The lowest BCUT2D eigenvalue weighted by Gasteiger charge is -2.22. The van der Waals surface area contributed by atoms with Crippen LogP contribution in [0.15, 0.2) is 0 Å². The monoisotopic (exact) mass is 273 g/mol. The lowest BCUT2D eigenvalue weighted by molar-refractivity contribution is 0.128. The first-order valence-electron chi connectivity index (χ1n) is 3.49. The van der Waals surface area contributed by atoms with E-state index in [-0.39, 0.29) is 6.10 Å². The Bertz CT molecular complexity index is 112. The summed E-state index contributed by atoms with van der Waals surface area (Å²) in [5.41, 5.74) is 0. The lowest BCUT2D eigenvalue weighted by Crippen LogP contribution is -2.31. The molecule has 1 rings (SSSR count). The van der Waals surface area contributed by atoms with E-state index in [0.717, 1.165) is 13.0 Å². The van der Waals surface area contributed by atoms with Crippen LogP contribution in [0.5, 0.6) is 0 Å². The highest BCUT2D eigenvalue weighted by molar-refractivity contribution is 14.2. The standard InChI is InChI=1S/C6H12INOS/c1-5(9)6-3-2-4-8(6)10-7/h5-6,9H,2-4H2,1H3. The number of halogens is 1. The van der Waals surface area contributed by atoms with Gasteiger partial charge in [-0.15, -0.1) is 0 Å². The summed E-state index contributed by atoms with van der Waals surface area (Å²) in [4.78, 5) is 0. The Morgan fingerprint density at radius 3 is 2.90 bits per heavy atom. The molecule has 1 aliphatic heterocycles. The molecule has 0 aromatic rings. The Labute approximate surface area is 78.1 Å². The molecule has 0 aliphatic carbocycles. The SMILES string of the molecule is CC(O)C1CCCN1SI. The van der Waals surface area contributed by atoms with E-state index in [0.29, 0.717) is 6.04 Å². The molecule has 0 aromatic carbocycles. The van der Waals surface area contributed by atoms with Crippen molar-refractivity contribution in [2.45, 2.75) is 31.9 Å². The molecule has 0 radical (unpaired) electrons. The third-order valence-electron chi connectivity index (χ3n) is 1.89. The van der Waals surface area contributed by atoms with Crippen molar-refractivity contribution >= 4 is 30.3 Å². The molecule has 1 saturated heterocycles. The van der Waals surface area contributed by atoms with Crippen molar-refractivity contribution < 1.29 is 5.11 Å². The zero-order valence-electron chi connectivity index (χ0n) is 5.96. The molecule has 0 spiro atoms. The quantitative estimate of drug-likeness (QED) is 0.613. The van der Waals surface area contributed by atoms with Gasteiger partial charge in [0.2, 0.25) is 0 Å². The number of rotatable bonds is 2. The summed E-state index contributed by atoms with van der Waals surface area (Å²) >= 11 is 2.27. The molecule has 2 nitrogen and oxygen atoms in total. The van der Waals surface area contributed by atoms with Crippen LogP contribution in [0, 0.1) is 0 Å². The molecule has 1 heterocycles. The number of nitrogens with zero attached hydrogens (tertiary/aromatic N) is 1. The molecule has 0 aromatic heterocycles. The van der Waals surface area contributed by atoms with Crippen molar-refractivity contribution in [2.24, 2.45) is 0 Å². The van der Waals surface area contributed by atoms with Gasteiger partial charge >= 0.3 is 0 Å². The van der Waals surface area contributed by atoms with Crippen LogP contribution in [-0.2, 0) is 0 Å². The van der Waals surface area contributed by atoms with Crippen LogP contribution in [-0.4, -0.2) is 28.1 Å². The minimum Gasteiger partial charge on any atom is -0.392 e. The third-order valence-corrected chi connectivity index (χ3v) is 4.04. The van der Waals surface area contributed by atoms with Crippen LogP contribution >= 0.6 is 30.3 Å². The first kappa shape index (κ1) is 9.09. The van der Waals surface area contributed by atoms with Crippen LogP contribution < -0.4 is 0 Å². The maximum absolute atomic E-state index is 9.30. The predicted octanol–water partition coefficient (Wildman–Crippen LogP) is 1.83. The minimum atomic E-state index is -0.176. The van der Waals surface area contributed by atoms with Gasteiger partial charge in [-0.05, 0) is 28.9 Å². The average Bonchev–Trinajstić information content (AvgIpc) is 2.33. The highest BCUT2D eigenvalue weighted by Gasteiger charge is 2.27. The van der Waals surface area contributed by atoms with E-state index in [2.05, 4.69) is 25.5 Å². The van der Waals surface area contributed by atoms with Crippen LogP contribution in [0.1, 0.15) is 19.8 Å². The zero-order valence-corrected chi connectivity index (χ0v) is 8.93. The fourth-order valence-electron chi connectivity index (χ4n) is 1.33. The number of hydrogen-bond donors (Lipinski definition) is 1. The Kier molecular flexibility index (Phi) is 3.76.